The van der Waals surface area contributed by atoms with Crippen LogP contribution in [0.25, 0.3) is 21.5 Å². The minimum absolute atomic E-state index is 0.0844. The van der Waals surface area contributed by atoms with Crippen LogP contribution in [0.1, 0.15) is 56.0 Å². The van der Waals surface area contributed by atoms with E-state index in [9.17, 15) is 9.59 Å². The fraction of sp³-hybridized carbons (Fsp3) is 0.500. The largest absolute Gasteiger partial charge is 0.488 e. The molecule has 3 atom stereocenters. The van der Waals surface area contributed by atoms with Crippen LogP contribution in [0.15, 0.2) is 24.7 Å². The second kappa shape index (κ2) is 8.13. The summed E-state index contributed by atoms with van der Waals surface area (Å²) in [7, 11) is 0. The van der Waals surface area contributed by atoms with Crippen LogP contribution >= 0.6 is 11.3 Å². The smallest absolute Gasteiger partial charge is 0.306 e. The first kappa shape index (κ1) is 20.7. The Morgan fingerprint density at radius 2 is 2.09 bits per heavy atom. The van der Waals surface area contributed by atoms with Crippen molar-refractivity contribution < 1.29 is 19.1 Å². The molecule has 9 heteroatoms. The van der Waals surface area contributed by atoms with Crippen molar-refractivity contribution in [3.05, 3.63) is 29.7 Å². The van der Waals surface area contributed by atoms with Gasteiger partial charge in [0, 0.05) is 37.0 Å². The summed E-state index contributed by atoms with van der Waals surface area (Å²) < 4.78 is 13.8. The van der Waals surface area contributed by atoms with Crippen LogP contribution in [0.3, 0.4) is 0 Å². The van der Waals surface area contributed by atoms with Crippen LogP contribution in [-0.2, 0) is 14.3 Å². The maximum Gasteiger partial charge on any atom is 0.306 e. The average Bonchev–Trinajstić information content (AvgIpc) is 3.20. The van der Waals surface area contributed by atoms with Gasteiger partial charge in [-0.05, 0) is 43.9 Å². The lowest BCUT2D eigenvalue weighted by Gasteiger charge is -2.21. The van der Waals surface area contributed by atoms with E-state index < -0.39 is 0 Å². The summed E-state index contributed by atoms with van der Waals surface area (Å²) in [6.45, 7) is 3.14. The molecule has 0 bridgehead atoms. The number of amides is 1. The molecule has 6 rings (SSSR count). The number of cyclic esters (lactones) is 1. The number of hydrogen-bond acceptors (Lipinski definition) is 7. The van der Waals surface area contributed by atoms with Gasteiger partial charge in [-0.3, -0.25) is 9.59 Å². The van der Waals surface area contributed by atoms with E-state index in [0.29, 0.717) is 32.0 Å². The van der Waals surface area contributed by atoms with Gasteiger partial charge in [-0.2, -0.15) is 0 Å². The van der Waals surface area contributed by atoms with Gasteiger partial charge in [0.25, 0.3) is 0 Å². The van der Waals surface area contributed by atoms with Crippen molar-refractivity contribution in [3.63, 3.8) is 0 Å². The Bertz CT molecular complexity index is 1230. The normalized spacial score (nSPS) is 24.0. The average molecular weight is 467 g/mol. The molecule has 0 radical (unpaired) electrons. The van der Waals surface area contributed by atoms with E-state index in [4.69, 9.17) is 9.47 Å². The van der Waals surface area contributed by atoms with Gasteiger partial charge < -0.3 is 19.4 Å². The van der Waals surface area contributed by atoms with Crippen molar-refractivity contribution in [1.82, 2.24) is 19.9 Å². The van der Waals surface area contributed by atoms with E-state index in [1.54, 1.807) is 11.3 Å². The fourth-order valence-electron chi connectivity index (χ4n) is 4.75. The molecule has 3 aliphatic rings. The first-order valence-electron chi connectivity index (χ1n) is 11.6. The number of thiazole rings is 1. The number of carbonyl (C=O) groups is 2. The van der Waals surface area contributed by atoms with Gasteiger partial charge in [-0.25, -0.2) is 9.97 Å². The number of benzene rings is 1. The summed E-state index contributed by atoms with van der Waals surface area (Å²) in [5.74, 6) is 0.996. The van der Waals surface area contributed by atoms with Crippen molar-refractivity contribution >= 4 is 34.2 Å². The highest BCUT2D eigenvalue weighted by Crippen LogP contribution is 2.43. The second-order valence-electron chi connectivity index (χ2n) is 9.29. The molecule has 0 spiro atoms. The van der Waals surface area contributed by atoms with E-state index in [-0.39, 0.29) is 29.8 Å². The lowest BCUT2D eigenvalue weighted by molar-refractivity contribution is -0.147. The molecule has 33 heavy (non-hydrogen) atoms. The van der Waals surface area contributed by atoms with Crippen molar-refractivity contribution in [3.8, 4) is 16.2 Å². The molecule has 3 fully saturated rings. The summed E-state index contributed by atoms with van der Waals surface area (Å²) in [6.07, 6.45) is 7.70. The number of hydrogen-bond donors (Lipinski definition) is 1. The molecule has 4 heterocycles. The van der Waals surface area contributed by atoms with E-state index in [2.05, 4.69) is 32.0 Å². The van der Waals surface area contributed by atoms with Crippen LogP contribution < -0.4 is 10.1 Å². The minimum atomic E-state index is -0.153. The zero-order valence-electron chi connectivity index (χ0n) is 18.5. The first-order valence-corrected chi connectivity index (χ1v) is 12.4. The highest BCUT2D eigenvalue weighted by atomic mass is 32.1. The fourth-order valence-corrected chi connectivity index (χ4v) is 5.79. The third-order valence-corrected chi connectivity index (χ3v) is 8.07. The van der Waals surface area contributed by atoms with Crippen molar-refractivity contribution in [2.24, 2.45) is 5.92 Å². The number of carbonyl (C=O) groups excluding carboxylic acids is 2. The SMILES string of the molecule is C[C@@H](Oc1cc(-c2cnc([C@@H]3CCOC(=O)C3)s2)cc2ncn(C3CC3)c12)C1CNC(=O)C1. The van der Waals surface area contributed by atoms with Gasteiger partial charge in [0.15, 0.2) is 0 Å². The molecule has 1 aromatic carbocycles. The molecule has 2 aromatic heterocycles. The molecule has 1 N–H and O–H groups in total. The van der Waals surface area contributed by atoms with Crippen LogP contribution in [-0.4, -0.2) is 45.7 Å². The summed E-state index contributed by atoms with van der Waals surface area (Å²) >= 11 is 1.62. The molecule has 1 saturated carbocycles. The van der Waals surface area contributed by atoms with Gasteiger partial charge in [0.05, 0.1) is 34.8 Å². The summed E-state index contributed by atoms with van der Waals surface area (Å²) in [6, 6.07) is 4.66. The Morgan fingerprint density at radius 1 is 1.21 bits per heavy atom. The highest BCUT2D eigenvalue weighted by molar-refractivity contribution is 7.15. The number of nitrogens with zero attached hydrogens (tertiary/aromatic N) is 3. The molecular formula is C24H26N4O4S. The van der Waals surface area contributed by atoms with E-state index in [1.165, 1.54) is 0 Å². The zero-order valence-corrected chi connectivity index (χ0v) is 19.3. The summed E-state index contributed by atoms with van der Waals surface area (Å²) in [4.78, 5) is 33.8. The topological polar surface area (TPSA) is 95.3 Å². The molecular weight excluding hydrogens is 440 g/mol. The van der Waals surface area contributed by atoms with Crippen LogP contribution in [0.2, 0.25) is 0 Å². The van der Waals surface area contributed by atoms with Gasteiger partial charge >= 0.3 is 5.97 Å². The monoisotopic (exact) mass is 466 g/mol. The molecule has 3 aromatic rings. The van der Waals surface area contributed by atoms with Crippen molar-refractivity contribution in [2.75, 3.05) is 13.2 Å². The Morgan fingerprint density at radius 3 is 2.85 bits per heavy atom. The molecule has 2 aliphatic heterocycles. The van der Waals surface area contributed by atoms with Gasteiger partial charge in [-0.15, -0.1) is 11.3 Å². The zero-order chi connectivity index (χ0) is 22.5. The first-order chi connectivity index (χ1) is 16.0. The van der Waals surface area contributed by atoms with Crippen LogP contribution in [0.5, 0.6) is 5.75 Å². The predicted molar refractivity (Wildman–Crippen MR) is 123 cm³/mol. The third kappa shape index (κ3) is 3.99. The number of rotatable bonds is 6. The lowest BCUT2D eigenvalue weighted by atomic mass is 10.0. The maximum absolute atomic E-state index is 11.7. The molecule has 1 amide bonds. The standard InChI is InChI=1S/C24H26N4O4S/c1-13(16-8-21(29)25-10-16)32-19-7-15(6-18-23(19)28(12-27-18)17-2-3-17)20-11-26-24(33-20)14-4-5-31-22(30)9-14/h6-7,11-14,16-17H,2-5,8-10H2,1H3,(H,25,29)/t13-,14-,16?/m1/s1. The molecule has 1 unspecified atom stereocenters. The Labute approximate surface area is 195 Å². The van der Waals surface area contributed by atoms with Crippen LogP contribution in [0.4, 0.5) is 0 Å². The Hall–Kier alpha value is -2.94. The number of imidazole rings is 1. The predicted octanol–water partition coefficient (Wildman–Crippen LogP) is 3.82. The molecule has 8 nitrogen and oxygen atoms in total. The van der Waals surface area contributed by atoms with E-state index in [1.807, 2.05) is 19.4 Å². The lowest BCUT2D eigenvalue weighted by Crippen LogP contribution is -2.25. The highest BCUT2D eigenvalue weighted by Gasteiger charge is 2.31. The quantitative estimate of drug-likeness (QED) is 0.555. The summed E-state index contributed by atoms with van der Waals surface area (Å²) in [5.41, 5.74) is 2.93. The van der Waals surface area contributed by atoms with Crippen molar-refractivity contribution in [2.45, 2.75) is 57.1 Å². The third-order valence-electron chi connectivity index (χ3n) is 6.86. The minimum Gasteiger partial charge on any atom is -0.488 e. The summed E-state index contributed by atoms with van der Waals surface area (Å²) in [5, 5.41) is 3.88. The van der Waals surface area contributed by atoms with Gasteiger partial charge in [-0.1, -0.05) is 0 Å². The van der Waals surface area contributed by atoms with Gasteiger partial charge in [0.1, 0.15) is 17.4 Å². The van der Waals surface area contributed by atoms with E-state index in [0.717, 1.165) is 51.5 Å². The maximum atomic E-state index is 11.7. The van der Waals surface area contributed by atoms with Crippen molar-refractivity contribution in [1.29, 1.82) is 0 Å². The molecule has 172 valence electrons. The van der Waals surface area contributed by atoms with Gasteiger partial charge in [0.2, 0.25) is 5.91 Å². The number of fused-ring (bicyclic) bond motifs is 1. The number of nitrogens with one attached hydrogen (secondary N) is 1. The van der Waals surface area contributed by atoms with E-state index >= 15 is 0 Å². The number of ether oxygens (including phenoxy) is 2. The number of esters is 1. The molecule has 2 saturated heterocycles. The Balaban J connectivity index is 1.35. The Kier molecular flexibility index (Phi) is 5.09. The molecule has 1 aliphatic carbocycles. The number of aromatic nitrogens is 3. The van der Waals surface area contributed by atoms with Crippen LogP contribution in [0, 0.1) is 5.92 Å². The second-order valence-corrected chi connectivity index (χ2v) is 10.4.